The van der Waals surface area contributed by atoms with Crippen molar-refractivity contribution in [2.24, 2.45) is 11.8 Å². The third-order valence-corrected chi connectivity index (χ3v) is 2.93. The van der Waals surface area contributed by atoms with Crippen molar-refractivity contribution in [1.29, 1.82) is 0 Å². The summed E-state index contributed by atoms with van der Waals surface area (Å²) >= 11 is 0. The average Bonchev–Trinajstić information content (AvgIpc) is 2.29. The van der Waals surface area contributed by atoms with E-state index in [1.165, 1.54) is 6.92 Å². The molecule has 2 atom stereocenters. The summed E-state index contributed by atoms with van der Waals surface area (Å²) in [5.41, 5.74) is 0. The maximum Gasteiger partial charge on any atom is 0.302 e. The van der Waals surface area contributed by atoms with E-state index in [-0.39, 0.29) is 24.1 Å². The van der Waals surface area contributed by atoms with Gasteiger partial charge >= 0.3 is 5.97 Å². The Labute approximate surface area is 96.6 Å². The number of hydrogen-bond donors (Lipinski definition) is 0. The Morgan fingerprint density at radius 1 is 1.31 bits per heavy atom. The van der Waals surface area contributed by atoms with E-state index in [1.807, 2.05) is 0 Å². The van der Waals surface area contributed by atoms with Gasteiger partial charge in [-0.15, -0.1) is 0 Å². The molecule has 1 aliphatic rings. The topological polar surface area (TPSA) is 44.8 Å². The van der Waals surface area contributed by atoms with Gasteiger partial charge in [-0.25, -0.2) is 0 Å². The fourth-order valence-corrected chi connectivity index (χ4v) is 2.09. The molecular weight excluding hydrogens is 208 g/mol. The molecule has 92 valence electrons. The first-order valence-corrected chi connectivity index (χ1v) is 5.53. The summed E-state index contributed by atoms with van der Waals surface area (Å²) in [6.07, 6.45) is 5.82. The van der Waals surface area contributed by atoms with Crippen LogP contribution in [0.1, 0.15) is 19.8 Å². The molecule has 4 heteroatoms. The minimum Gasteiger partial charge on any atom is -0.466 e. The average molecular weight is 228 g/mol. The number of carbonyl (C=O) groups excluding carboxylic acids is 1. The SMILES string of the molecule is COC(OC)[C@@H]1CC=CC[C@@H]1COC(C)=O. The molecule has 0 radical (unpaired) electrons. The molecular formula is C12H20O4. The molecule has 1 aliphatic carbocycles. The predicted octanol–water partition coefficient (Wildman–Crippen LogP) is 1.75. The molecule has 0 saturated carbocycles. The summed E-state index contributed by atoms with van der Waals surface area (Å²) in [6, 6.07) is 0. The Morgan fingerprint density at radius 3 is 2.50 bits per heavy atom. The molecule has 0 saturated heterocycles. The van der Waals surface area contributed by atoms with Crippen LogP contribution in [-0.2, 0) is 19.0 Å². The Bertz CT molecular complexity index is 245. The number of allylic oxidation sites excluding steroid dienone is 2. The van der Waals surface area contributed by atoms with Gasteiger partial charge in [-0.2, -0.15) is 0 Å². The van der Waals surface area contributed by atoms with E-state index in [0.717, 1.165) is 12.8 Å². The summed E-state index contributed by atoms with van der Waals surface area (Å²) in [5, 5.41) is 0. The maximum atomic E-state index is 10.8. The highest BCUT2D eigenvalue weighted by molar-refractivity contribution is 5.65. The number of rotatable bonds is 5. The van der Waals surface area contributed by atoms with Gasteiger partial charge in [-0.1, -0.05) is 12.2 Å². The normalized spacial score (nSPS) is 24.8. The van der Waals surface area contributed by atoms with E-state index in [0.29, 0.717) is 6.61 Å². The molecule has 0 aromatic carbocycles. The van der Waals surface area contributed by atoms with E-state index < -0.39 is 0 Å². The largest absolute Gasteiger partial charge is 0.466 e. The van der Waals surface area contributed by atoms with Gasteiger partial charge in [0.1, 0.15) is 0 Å². The summed E-state index contributed by atoms with van der Waals surface area (Å²) in [6.45, 7) is 1.87. The van der Waals surface area contributed by atoms with Gasteiger partial charge in [0.05, 0.1) is 6.61 Å². The van der Waals surface area contributed by atoms with Gasteiger partial charge in [0.15, 0.2) is 6.29 Å². The minimum absolute atomic E-state index is 0.231. The first-order valence-electron chi connectivity index (χ1n) is 5.53. The molecule has 0 aromatic rings. The van der Waals surface area contributed by atoms with Crippen LogP contribution in [0, 0.1) is 11.8 Å². The van der Waals surface area contributed by atoms with Crippen molar-refractivity contribution in [1.82, 2.24) is 0 Å². The third kappa shape index (κ3) is 3.61. The summed E-state index contributed by atoms with van der Waals surface area (Å²) in [5.74, 6) is 0.290. The van der Waals surface area contributed by atoms with Crippen LogP contribution in [0.2, 0.25) is 0 Å². The lowest BCUT2D eigenvalue weighted by Gasteiger charge is -2.32. The fourth-order valence-electron chi connectivity index (χ4n) is 2.09. The van der Waals surface area contributed by atoms with Crippen LogP contribution in [0.25, 0.3) is 0 Å². The zero-order valence-electron chi connectivity index (χ0n) is 10.1. The molecule has 0 heterocycles. The smallest absolute Gasteiger partial charge is 0.302 e. The van der Waals surface area contributed by atoms with Crippen molar-refractivity contribution in [3.63, 3.8) is 0 Å². The van der Waals surface area contributed by atoms with E-state index in [1.54, 1.807) is 14.2 Å². The molecule has 16 heavy (non-hydrogen) atoms. The Hall–Kier alpha value is -0.870. The van der Waals surface area contributed by atoms with Crippen LogP contribution in [0.15, 0.2) is 12.2 Å². The van der Waals surface area contributed by atoms with Crippen LogP contribution in [-0.4, -0.2) is 33.1 Å². The second-order valence-electron chi connectivity index (χ2n) is 4.01. The van der Waals surface area contributed by atoms with Crippen molar-refractivity contribution < 1.29 is 19.0 Å². The van der Waals surface area contributed by atoms with E-state index in [2.05, 4.69) is 12.2 Å². The maximum absolute atomic E-state index is 10.8. The zero-order chi connectivity index (χ0) is 12.0. The van der Waals surface area contributed by atoms with Crippen molar-refractivity contribution in [2.75, 3.05) is 20.8 Å². The number of hydrogen-bond acceptors (Lipinski definition) is 4. The van der Waals surface area contributed by atoms with Gasteiger partial charge in [0.2, 0.25) is 0 Å². The summed E-state index contributed by atoms with van der Waals surface area (Å²) in [7, 11) is 3.27. The summed E-state index contributed by atoms with van der Waals surface area (Å²) < 4.78 is 15.6. The van der Waals surface area contributed by atoms with Crippen LogP contribution in [0.3, 0.4) is 0 Å². The van der Waals surface area contributed by atoms with Crippen LogP contribution < -0.4 is 0 Å². The van der Waals surface area contributed by atoms with Crippen LogP contribution in [0.5, 0.6) is 0 Å². The number of carbonyl (C=O) groups is 1. The van der Waals surface area contributed by atoms with Gasteiger partial charge in [0.25, 0.3) is 0 Å². The van der Waals surface area contributed by atoms with Crippen LogP contribution in [0.4, 0.5) is 0 Å². The molecule has 0 bridgehead atoms. The predicted molar refractivity (Wildman–Crippen MR) is 59.8 cm³/mol. The lowest BCUT2D eigenvalue weighted by atomic mass is 9.83. The van der Waals surface area contributed by atoms with Crippen molar-refractivity contribution in [2.45, 2.75) is 26.1 Å². The van der Waals surface area contributed by atoms with Gasteiger partial charge in [-0.3, -0.25) is 4.79 Å². The minimum atomic E-state index is -0.236. The highest BCUT2D eigenvalue weighted by atomic mass is 16.7. The molecule has 0 aliphatic heterocycles. The Morgan fingerprint density at radius 2 is 1.94 bits per heavy atom. The standard InChI is InChI=1S/C12H20O4/c1-9(13)16-8-10-6-4-5-7-11(10)12(14-2)15-3/h4-5,10-12H,6-8H2,1-3H3/t10-,11-/m1/s1. The second kappa shape index (κ2) is 6.66. The number of methoxy groups -OCH3 is 2. The highest BCUT2D eigenvalue weighted by Crippen LogP contribution is 2.30. The molecule has 0 fully saturated rings. The molecule has 0 unspecified atom stereocenters. The Kier molecular flexibility index (Phi) is 5.49. The lowest BCUT2D eigenvalue weighted by molar-refractivity contribution is -0.161. The first kappa shape index (κ1) is 13.2. The highest BCUT2D eigenvalue weighted by Gasteiger charge is 2.30. The van der Waals surface area contributed by atoms with Crippen molar-refractivity contribution in [3.8, 4) is 0 Å². The molecule has 1 rings (SSSR count). The molecule has 0 amide bonds. The van der Waals surface area contributed by atoms with Gasteiger partial charge in [0, 0.05) is 33.0 Å². The van der Waals surface area contributed by atoms with E-state index >= 15 is 0 Å². The van der Waals surface area contributed by atoms with Crippen molar-refractivity contribution >= 4 is 5.97 Å². The second-order valence-corrected chi connectivity index (χ2v) is 4.01. The third-order valence-electron chi connectivity index (χ3n) is 2.93. The molecule has 0 aromatic heterocycles. The van der Waals surface area contributed by atoms with Crippen molar-refractivity contribution in [3.05, 3.63) is 12.2 Å². The Balaban J connectivity index is 2.56. The quantitative estimate of drug-likeness (QED) is 0.408. The number of esters is 1. The molecule has 0 spiro atoms. The summed E-state index contributed by atoms with van der Waals surface area (Å²) in [4.78, 5) is 10.8. The van der Waals surface area contributed by atoms with Gasteiger partial charge in [-0.05, 0) is 12.8 Å². The van der Waals surface area contributed by atoms with Crippen LogP contribution >= 0.6 is 0 Å². The lowest BCUT2D eigenvalue weighted by Crippen LogP contribution is -2.34. The number of ether oxygens (including phenoxy) is 3. The molecule has 0 N–H and O–H groups in total. The fraction of sp³-hybridized carbons (Fsp3) is 0.750. The first-order chi connectivity index (χ1) is 7.69. The van der Waals surface area contributed by atoms with Gasteiger partial charge < -0.3 is 14.2 Å². The zero-order valence-corrected chi connectivity index (χ0v) is 10.1. The van der Waals surface area contributed by atoms with E-state index in [9.17, 15) is 4.79 Å². The molecule has 4 nitrogen and oxygen atoms in total. The monoisotopic (exact) mass is 228 g/mol. The van der Waals surface area contributed by atoms with E-state index in [4.69, 9.17) is 14.2 Å².